The molecule has 24 heteroatoms. The molecular weight excluding hydrogens is 1320 g/mol. The summed E-state index contributed by atoms with van der Waals surface area (Å²) in [5.41, 5.74) is 16.2. The Morgan fingerprint density at radius 1 is 0.500 bits per heavy atom. The van der Waals surface area contributed by atoms with Gasteiger partial charge in [0.15, 0.2) is 5.89 Å². The number of hydrogen-bond donors (Lipinski definition) is 2. The molecule has 550 valence electrons. The molecule has 14 aromatic rings. The Morgan fingerprint density at radius 2 is 1.19 bits per heavy atom. The highest BCUT2D eigenvalue weighted by molar-refractivity contribution is 7.11. The van der Waals surface area contributed by atoms with Crippen molar-refractivity contribution in [1.29, 1.82) is 0 Å². The van der Waals surface area contributed by atoms with Crippen molar-refractivity contribution in [3.05, 3.63) is 270 Å². The van der Waals surface area contributed by atoms with Crippen LogP contribution in [0.25, 0.3) is 11.0 Å². The molecule has 0 aliphatic carbocycles. The first-order valence-electron chi connectivity index (χ1n) is 33.1. The average molecular weight is 1430 g/mol. The molecule has 1 aliphatic heterocycles. The molecule has 0 atom stereocenters. The number of imidazole rings is 1. The van der Waals surface area contributed by atoms with Crippen LogP contribution in [0.4, 0.5) is 0 Å². The number of oxazole rings is 1. The van der Waals surface area contributed by atoms with Crippen molar-refractivity contribution in [3.63, 3.8) is 0 Å². The van der Waals surface area contributed by atoms with Gasteiger partial charge in [-0.15, -0.1) is 27.8 Å². The fourth-order valence-electron chi connectivity index (χ4n) is 8.53. The van der Waals surface area contributed by atoms with Gasteiger partial charge in [-0.05, 0) is 234 Å². The number of H-pyrrole nitrogens is 2. The predicted molar refractivity (Wildman–Crippen MR) is 419 cm³/mol. The van der Waals surface area contributed by atoms with Crippen molar-refractivity contribution in [2.45, 2.75) is 166 Å². The van der Waals surface area contributed by atoms with Crippen LogP contribution in [0, 0.1) is 145 Å². The van der Waals surface area contributed by atoms with Crippen LogP contribution in [-0.2, 0) is 35.2 Å². The molecule has 14 aromatic heterocycles. The predicted octanol–water partition coefficient (Wildman–Crippen LogP) is 19.1. The smallest absolute Gasteiger partial charge is 0.191 e. The van der Waals surface area contributed by atoms with E-state index in [-0.39, 0.29) is 0 Å². The SMILES string of the molecule is CC1=CN=C(C)C1.Cc1c[nH]c(C)c1.Cc1cc(C)[nH]n1.Cc1cc(C)on1.Cc1ccc(C)o1.Cc1ccc(C)s1.Cc1ccn(C)c1.Cc1cn(C)c2ncncc12.Cc1cn(C)cn1.Cc1cn(C)nn1.Cc1cnc(C)o1.Cc1cnc(C)s1.Cc1cnn(C)c1.Cc1coc(C)c1. The molecule has 0 saturated heterocycles. The average Bonchev–Trinajstić information content (AvgIpc) is 1.67. The van der Waals surface area contributed by atoms with Crippen LogP contribution < -0.4 is 0 Å². The van der Waals surface area contributed by atoms with E-state index in [4.69, 9.17) is 17.8 Å². The molecule has 0 amide bonds. The van der Waals surface area contributed by atoms with Gasteiger partial charge in [0.2, 0.25) is 0 Å². The summed E-state index contributed by atoms with van der Waals surface area (Å²) in [6.07, 6.45) is 29.4. The highest BCUT2D eigenvalue weighted by Gasteiger charge is 2.02. The number of rotatable bonds is 0. The highest BCUT2D eigenvalue weighted by Crippen LogP contribution is 2.16. The minimum Gasteiger partial charge on any atom is -0.469 e. The summed E-state index contributed by atoms with van der Waals surface area (Å²) >= 11 is 3.57. The third-order valence-electron chi connectivity index (χ3n) is 12.9. The molecule has 0 bridgehead atoms. The maximum atomic E-state index is 5.08. The number of aromatic nitrogens is 17. The van der Waals surface area contributed by atoms with Gasteiger partial charge in [0, 0.05) is 154 Å². The van der Waals surface area contributed by atoms with Gasteiger partial charge >= 0.3 is 0 Å². The first-order valence-corrected chi connectivity index (χ1v) is 34.8. The number of allylic oxidation sites excluding steroid dienone is 1. The number of aliphatic imine (C=N–C) groups is 1. The zero-order valence-electron chi connectivity index (χ0n) is 65.7. The molecule has 1 aliphatic rings. The van der Waals surface area contributed by atoms with E-state index < -0.39 is 0 Å². The molecule has 0 aromatic carbocycles. The summed E-state index contributed by atoms with van der Waals surface area (Å²) < 4.78 is 29.2. The van der Waals surface area contributed by atoms with Crippen molar-refractivity contribution in [3.8, 4) is 0 Å². The molecule has 2 N–H and O–H groups in total. The summed E-state index contributed by atoms with van der Waals surface area (Å²) in [7, 11) is 9.72. The molecule has 102 heavy (non-hydrogen) atoms. The lowest BCUT2D eigenvalue weighted by Gasteiger charge is -1.90. The number of aryl methyl sites for hydroxylation is 26. The van der Waals surface area contributed by atoms with Gasteiger partial charge in [0.25, 0.3) is 0 Å². The summed E-state index contributed by atoms with van der Waals surface area (Å²) in [5, 5.41) is 24.0. The van der Waals surface area contributed by atoms with E-state index in [1.807, 2.05) is 257 Å². The highest BCUT2D eigenvalue weighted by atomic mass is 32.1. The van der Waals surface area contributed by atoms with Gasteiger partial charge in [-0.3, -0.25) is 19.5 Å². The van der Waals surface area contributed by atoms with Gasteiger partial charge in [0.1, 0.15) is 40.8 Å². The van der Waals surface area contributed by atoms with E-state index in [0.29, 0.717) is 0 Å². The van der Waals surface area contributed by atoms with Crippen LogP contribution in [-0.4, -0.2) is 89.4 Å². The first kappa shape index (κ1) is 87.8. The molecular formula is C78H112N18O4S2. The number of hydrogen-bond acceptors (Lipinski definition) is 17. The van der Waals surface area contributed by atoms with Gasteiger partial charge in [0.05, 0.1) is 52.8 Å². The minimum atomic E-state index is 0.734. The van der Waals surface area contributed by atoms with Gasteiger partial charge in [-0.25, -0.2) is 24.9 Å². The maximum absolute atomic E-state index is 5.08. The molecule has 22 nitrogen and oxygen atoms in total. The second kappa shape index (κ2) is 47.7. The van der Waals surface area contributed by atoms with E-state index in [2.05, 4.69) is 151 Å². The van der Waals surface area contributed by atoms with Crippen LogP contribution in [0.2, 0.25) is 0 Å². The number of nitrogens with zero attached hydrogens (tertiary/aromatic N) is 16. The largest absolute Gasteiger partial charge is 0.469 e. The number of fused-ring (bicyclic) bond motifs is 1. The van der Waals surface area contributed by atoms with Gasteiger partial charge in [-0.2, -0.15) is 10.2 Å². The van der Waals surface area contributed by atoms with Crippen LogP contribution >= 0.6 is 22.7 Å². The maximum Gasteiger partial charge on any atom is 0.191 e. The third-order valence-corrected chi connectivity index (χ3v) is 14.6. The van der Waals surface area contributed by atoms with Crippen LogP contribution in [0.15, 0.2) is 176 Å². The lowest BCUT2D eigenvalue weighted by Crippen LogP contribution is -1.86. The number of thiophene rings is 1. The van der Waals surface area contributed by atoms with Crippen molar-refractivity contribution in [2.75, 3.05) is 0 Å². The number of furan rings is 2. The normalized spacial score (nSPS) is 10.2. The quantitative estimate of drug-likeness (QED) is 0.143. The van der Waals surface area contributed by atoms with Gasteiger partial charge < -0.3 is 36.5 Å². The molecule has 15 heterocycles. The monoisotopic (exact) mass is 1430 g/mol. The number of thiazole rings is 1. The molecule has 0 saturated carbocycles. The zero-order chi connectivity index (χ0) is 76.4. The van der Waals surface area contributed by atoms with E-state index in [1.165, 1.54) is 59.4 Å². The Labute approximate surface area is 613 Å². The van der Waals surface area contributed by atoms with Crippen LogP contribution in [0.5, 0.6) is 0 Å². The molecule has 0 fully saturated rings. The summed E-state index contributed by atoms with van der Waals surface area (Å²) in [5.74, 6) is 5.43. The second-order valence-electron chi connectivity index (χ2n) is 24.6. The van der Waals surface area contributed by atoms with Crippen molar-refractivity contribution in [2.24, 2.45) is 40.2 Å². The van der Waals surface area contributed by atoms with Gasteiger partial charge in [-0.1, -0.05) is 10.4 Å². The van der Waals surface area contributed by atoms with E-state index >= 15 is 0 Å². The lowest BCUT2D eigenvalue weighted by atomic mass is 10.2. The third kappa shape index (κ3) is 41.9. The molecule has 0 unspecified atom stereocenters. The summed E-state index contributed by atoms with van der Waals surface area (Å²) in [4.78, 5) is 31.2. The van der Waals surface area contributed by atoms with Crippen molar-refractivity contribution in [1.82, 2.24) is 83.7 Å². The standard InChI is InChI=1S/C8H9N3.3C6H9N.2C6H8O.C6H8S.3C5H8N2.2C5H7NO.C5H7NS.C4H7N3/c1-6-4-11(2)8-7(6)3-9-5-10-8;2*1-5-3-6(2)7-4-5;1-6-3-4-7(2)5-6;1-5-3-6(2)7-4-5;2*1-5-3-4-6(2)7-5;1-5-3-7(2)4-6-5;1-5-3-6-7(2)4-5;1-4-3-5(2)7-6-4;1-4-3-6-5(2)7-4;1-4-3-5(2)7-6-4;1-4-3-6-5(2)7-4;1-4-3-7(2)6-5-4/h3-5H,1-2H3;4H,3H2,1-2H3;3-4,7H,1-2H3;3-5H,1-2H3;5*3-4H,1-2H3;3H,1-2H3,(H,6,7);4*3H,1-2H3. The summed E-state index contributed by atoms with van der Waals surface area (Å²) in [6.45, 7) is 45.9. The topological polar surface area (TPSA) is 250 Å². The first-order chi connectivity index (χ1) is 48.0. The van der Waals surface area contributed by atoms with E-state index in [9.17, 15) is 0 Å². The Balaban J connectivity index is 0.000000374. The van der Waals surface area contributed by atoms with Crippen LogP contribution in [0.1, 0.15) is 137 Å². The Hall–Kier alpha value is -10.3. The fraction of sp³-hybridized carbons (Fsp3) is 0.372. The lowest BCUT2D eigenvalue weighted by molar-refractivity contribution is 0.393. The molecule has 0 spiro atoms. The van der Waals surface area contributed by atoms with Crippen molar-refractivity contribution >= 4 is 39.4 Å². The second-order valence-corrected chi connectivity index (χ2v) is 27.5. The van der Waals surface area contributed by atoms with E-state index in [1.54, 1.807) is 45.8 Å². The minimum absolute atomic E-state index is 0.734. The number of nitrogens with one attached hydrogen (secondary N) is 2. The summed E-state index contributed by atoms with van der Waals surface area (Å²) in [6, 6.07) is 18.3. The van der Waals surface area contributed by atoms with Crippen molar-refractivity contribution < 1.29 is 17.8 Å². The number of aromatic amines is 2. The Bertz CT molecular complexity index is 3480. The Kier molecular flexibility index (Phi) is 41.0. The fourth-order valence-corrected chi connectivity index (χ4v) is 9.99. The van der Waals surface area contributed by atoms with Crippen LogP contribution in [0.3, 0.4) is 0 Å². The van der Waals surface area contributed by atoms with E-state index in [0.717, 1.165) is 85.6 Å². The zero-order valence-corrected chi connectivity index (χ0v) is 67.3. The molecule has 0 radical (unpaired) electrons. The molecule has 15 rings (SSSR count). The Morgan fingerprint density at radius 3 is 1.39 bits per heavy atom.